The molecular weight excluding hydrogens is 493 g/mol. The number of hydrogen-bond acceptors (Lipinski definition) is 4. The van der Waals surface area contributed by atoms with Gasteiger partial charge in [-0.3, -0.25) is 9.10 Å². The molecule has 1 amide bonds. The van der Waals surface area contributed by atoms with Crippen LogP contribution in [0.5, 0.6) is 0 Å². The third-order valence-electron chi connectivity index (χ3n) is 6.04. The second kappa shape index (κ2) is 10.1. The van der Waals surface area contributed by atoms with Gasteiger partial charge >= 0.3 is 6.18 Å². The van der Waals surface area contributed by atoms with Crippen LogP contribution < -0.4 is 9.62 Å². The van der Waals surface area contributed by atoms with Crippen LogP contribution in [0.2, 0.25) is 5.02 Å². The van der Waals surface area contributed by atoms with E-state index in [1.54, 1.807) is 0 Å². The Labute approximate surface area is 202 Å². The van der Waals surface area contributed by atoms with Crippen molar-refractivity contribution in [3.05, 3.63) is 64.7 Å². The fourth-order valence-corrected chi connectivity index (χ4v) is 5.59. The van der Waals surface area contributed by atoms with E-state index in [2.05, 4.69) is 5.32 Å². The number of anilines is 1. The van der Waals surface area contributed by atoms with Gasteiger partial charge in [0, 0.05) is 25.2 Å². The minimum Gasteiger partial charge on any atom is -0.381 e. The lowest BCUT2D eigenvalue weighted by atomic mass is 9.74. The summed E-state index contributed by atoms with van der Waals surface area (Å²) in [6.07, 6.45) is -2.63. The van der Waals surface area contributed by atoms with Crippen molar-refractivity contribution in [3.63, 3.8) is 0 Å². The van der Waals surface area contributed by atoms with Crippen molar-refractivity contribution in [2.75, 3.05) is 30.3 Å². The molecule has 0 saturated carbocycles. The number of nitrogens with zero attached hydrogens (tertiary/aromatic N) is 1. The zero-order valence-corrected chi connectivity index (χ0v) is 20.3. The fraction of sp³-hybridized carbons (Fsp3) is 0.435. The minimum atomic E-state index is -4.78. The Morgan fingerprint density at radius 2 is 1.79 bits per heavy atom. The lowest BCUT2D eigenvalue weighted by Gasteiger charge is -2.38. The summed E-state index contributed by atoms with van der Waals surface area (Å²) in [5.74, 6) is -0.629. The van der Waals surface area contributed by atoms with Gasteiger partial charge in [0.15, 0.2) is 0 Å². The van der Waals surface area contributed by atoms with Gasteiger partial charge in [-0.05, 0) is 43.5 Å². The van der Waals surface area contributed by atoms with Crippen molar-refractivity contribution in [3.8, 4) is 0 Å². The summed E-state index contributed by atoms with van der Waals surface area (Å²) in [6, 6.07) is 11.1. The first-order chi connectivity index (χ1) is 15.8. The van der Waals surface area contributed by atoms with Crippen molar-refractivity contribution in [1.82, 2.24) is 5.32 Å². The number of nitrogens with one attached hydrogen (secondary N) is 1. The van der Waals surface area contributed by atoms with Crippen LogP contribution in [0.4, 0.5) is 18.9 Å². The largest absolute Gasteiger partial charge is 0.417 e. The van der Waals surface area contributed by atoms with Crippen LogP contribution in [0, 0.1) is 0 Å². The second-order valence-corrected chi connectivity index (χ2v) is 10.6. The molecule has 2 aromatic rings. The molecule has 0 radical (unpaired) electrons. The first kappa shape index (κ1) is 26.3. The Bertz CT molecular complexity index is 1120. The van der Waals surface area contributed by atoms with Crippen molar-refractivity contribution in [1.29, 1.82) is 0 Å². The van der Waals surface area contributed by atoms with Crippen molar-refractivity contribution in [2.45, 2.75) is 37.4 Å². The summed E-state index contributed by atoms with van der Waals surface area (Å²) in [6.45, 7) is 2.59. The lowest BCUT2D eigenvalue weighted by Crippen LogP contribution is -2.51. The Morgan fingerprint density at radius 3 is 2.35 bits per heavy atom. The summed E-state index contributed by atoms with van der Waals surface area (Å²) in [7, 11) is -4.11. The molecule has 6 nitrogen and oxygen atoms in total. The maximum Gasteiger partial charge on any atom is 0.417 e. The van der Waals surface area contributed by atoms with Crippen molar-refractivity contribution >= 4 is 33.2 Å². The normalized spacial score (nSPS) is 17.1. The average Bonchev–Trinajstić information content (AvgIpc) is 2.78. The van der Waals surface area contributed by atoms with Gasteiger partial charge in [0.25, 0.3) is 0 Å². The average molecular weight is 519 g/mol. The Balaban J connectivity index is 1.87. The maximum absolute atomic E-state index is 13.3. The van der Waals surface area contributed by atoms with Crippen LogP contribution in [0.1, 0.15) is 30.9 Å². The molecule has 11 heteroatoms. The van der Waals surface area contributed by atoms with Gasteiger partial charge in [0.05, 0.1) is 22.5 Å². The first-order valence-electron chi connectivity index (χ1n) is 10.6. The van der Waals surface area contributed by atoms with Crippen LogP contribution in [0.25, 0.3) is 0 Å². The van der Waals surface area contributed by atoms with Gasteiger partial charge in [0.1, 0.15) is 6.04 Å². The number of alkyl halides is 3. The lowest BCUT2D eigenvalue weighted by molar-refractivity contribution is -0.137. The Hall–Kier alpha value is -2.30. The molecule has 2 aromatic carbocycles. The van der Waals surface area contributed by atoms with E-state index >= 15 is 0 Å². The summed E-state index contributed by atoms with van der Waals surface area (Å²) in [5.41, 5.74) is -0.850. The summed E-state index contributed by atoms with van der Waals surface area (Å²) in [5, 5.41) is 2.26. The van der Waals surface area contributed by atoms with Crippen molar-refractivity contribution in [2.24, 2.45) is 0 Å². The van der Waals surface area contributed by atoms with Gasteiger partial charge in [-0.2, -0.15) is 13.2 Å². The highest BCUT2D eigenvalue weighted by Gasteiger charge is 2.38. The first-order valence-corrected chi connectivity index (χ1v) is 12.8. The quantitative estimate of drug-likeness (QED) is 0.590. The van der Waals surface area contributed by atoms with Crippen LogP contribution in [-0.4, -0.2) is 46.4 Å². The molecule has 1 unspecified atom stereocenters. The fourth-order valence-electron chi connectivity index (χ4n) is 4.20. The smallest absolute Gasteiger partial charge is 0.381 e. The van der Waals surface area contributed by atoms with Crippen LogP contribution >= 0.6 is 11.6 Å². The van der Waals surface area contributed by atoms with E-state index in [1.807, 2.05) is 30.3 Å². The van der Waals surface area contributed by atoms with Crippen molar-refractivity contribution < 1.29 is 31.1 Å². The molecule has 3 rings (SSSR count). The van der Waals surface area contributed by atoms with E-state index in [-0.39, 0.29) is 12.2 Å². The number of carbonyl (C=O) groups excluding carboxylic acids is 1. The molecule has 34 heavy (non-hydrogen) atoms. The molecule has 1 atom stereocenters. The second-order valence-electron chi connectivity index (χ2n) is 8.37. The maximum atomic E-state index is 13.3. The van der Waals surface area contributed by atoms with Gasteiger partial charge in [-0.1, -0.05) is 41.9 Å². The number of amides is 1. The zero-order chi connectivity index (χ0) is 25.1. The van der Waals surface area contributed by atoms with Gasteiger partial charge < -0.3 is 10.1 Å². The van der Waals surface area contributed by atoms with Crippen LogP contribution in [0.3, 0.4) is 0 Å². The SMILES string of the molecule is CC(C(=O)NCC1(c2ccccc2)CCOCC1)N(c1ccc(Cl)c(C(F)(F)F)c1)S(C)(=O)=O. The van der Waals surface area contributed by atoms with E-state index in [0.717, 1.165) is 24.0 Å². The van der Waals surface area contributed by atoms with E-state index in [0.29, 0.717) is 36.4 Å². The molecule has 1 fully saturated rings. The van der Waals surface area contributed by atoms with Gasteiger partial charge in [0.2, 0.25) is 15.9 Å². The molecule has 0 bridgehead atoms. The Morgan fingerprint density at radius 1 is 1.18 bits per heavy atom. The highest BCUT2D eigenvalue weighted by molar-refractivity contribution is 7.92. The van der Waals surface area contributed by atoms with E-state index in [1.165, 1.54) is 6.92 Å². The summed E-state index contributed by atoms with van der Waals surface area (Å²) < 4.78 is 71.2. The number of ether oxygens (including phenoxy) is 1. The topological polar surface area (TPSA) is 75.7 Å². The van der Waals surface area contributed by atoms with E-state index in [9.17, 15) is 26.4 Å². The third kappa shape index (κ3) is 5.84. The minimum absolute atomic E-state index is 0.232. The molecule has 186 valence electrons. The van der Waals surface area contributed by atoms with Crippen LogP contribution in [0.15, 0.2) is 48.5 Å². The standard InChI is InChI=1S/C23H26ClF3N2O4S/c1-16(29(34(2,31)32)18-8-9-20(24)19(14-18)23(25,26)27)21(30)28-15-22(10-12-33-13-11-22)17-6-4-3-5-7-17/h3-9,14,16H,10-13,15H2,1-2H3,(H,28,30). The number of benzene rings is 2. The number of rotatable bonds is 7. The molecular formula is C23H26ClF3N2O4S. The van der Waals surface area contributed by atoms with Crippen LogP contribution in [-0.2, 0) is 31.1 Å². The number of hydrogen-bond donors (Lipinski definition) is 1. The van der Waals surface area contributed by atoms with Gasteiger partial charge in [-0.15, -0.1) is 0 Å². The van der Waals surface area contributed by atoms with E-state index in [4.69, 9.17) is 16.3 Å². The number of halogens is 4. The van der Waals surface area contributed by atoms with E-state index < -0.39 is 44.1 Å². The van der Waals surface area contributed by atoms with Gasteiger partial charge in [-0.25, -0.2) is 8.42 Å². The third-order valence-corrected chi connectivity index (χ3v) is 7.61. The molecule has 1 N–H and O–H groups in total. The number of carbonyl (C=O) groups is 1. The number of sulfonamides is 1. The molecule has 0 spiro atoms. The zero-order valence-electron chi connectivity index (χ0n) is 18.7. The molecule has 1 aliphatic heterocycles. The summed E-state index contributed by atoms with van der Waals surface area (Å²) >= 11 is 5.67. The molecule has 1 aliphatic rings. The predicted molar refractivity (Wildman–Crippen MR) is 124 cm³/mol. The molecule has 0 aliphatic carbocycles. The molecule has 1 saturated heterocycles. The summed E-state index contributed by atoms with van der Waals surface area (Å²) in [4.78, 5) is 13.1. The monoisotopic (exact) mass is 518 g/mol. The highest BCUT2D eigenvalue weighted by atomic mass is 35.5. The molecule has 0 aromatic heterocycles. The highest BCUT2D eigenvalue weighted by Crippen LogP contribution is 2.38. The Kier molecular flexibility index (Phi) is 7.84. The predicted octanol–water partition coefficient (Wildman–Crippen LogP) is 4.38. The molecule has 1 heterocycles.